The normalized spacial score (nSPS) is 18.4. The molecule has 0 aromatic carbocycles. The molecule has 1 aliphatic rings. The van der Waals surface area contributed by atoms with Gasteiger partial charge in [0.05, 0.1) is 5.71 Å². The minimum atomic E-state index is 0.124. The van der Waals surface area contributed by atoms with Gasteiger partial charge in [-0.2, -0.15) is 9.97 Å². The van der Waals surface area contributed by atoms with E-state index < -0.39 is 0 Å². The van der Waals surface area contributed by atoms with Crippen molar-refractivity contribution in [1.29, 1.82) is 0 Å². The van der Waals surface area contributed by atoms with E-state index >= 15 is 0 Å². The third-order valence-electron chi connectivity index (χ3n) is 3.71. The van der Waals surface area contributed by atoms with Crippen LogP contribution in [0.4, 0.5) is 0 Å². The first-order chi connectivity index (χ1) is 10.3. The third kappa shape index (κ3) is 6.85. The molecule has 0 spiro atoms. The predicted octanol–water partition coefficient (Wildman–Crippen LogP) is 4.56. The van der Waals surface area contributed by atoms with Gasteiger partial charge in [-0.15, -0.1) is 0 Å². The standard InChI is InChI=1S/C15H23ClN4O/c16-14-17-12-18-15(19-14)21-20-13-10-8-6-4-2-1-3-5-7-9-11-13/h12H,1-11H2. The molecule has 6 heteroatoms. The Kier molecular flexibility index (Phi) is 7.43. The van der Waals surface area contributed by atoms with Crippen LogP contribution in [0, 0.1) is 0 Å². The van der Waals surface area contributed by atoms with E-state index in [0.29, 0.717) is 0 Å². The Labute approximate surface area is 131 Å². The number of rotatable bonds is 2. The molecule has 0 aliphatic heterocycles. The van der Waals surface area contributed by atoms with Gasteiger partial charge in [0.1, 0.15) is 6.33 Å². The van der Waals surface area contributed by atoms with Crippen LogP contribution in [0.1, 0.15) is 70.6 Å². The van der Waals surface area contributed by atoms with E-state index in [9.17, 15) is 0 Å². The summed E-state index contributed by atoms with van der Waals surface area (Å²) >= 11 is 5.70. The number of hydrogen-bond donors (Lipinski definition) is 0. The molecule has 1 aliphatic carbocycles. The van der Waals surface area contributed by atoms with Gasteiger partial charge in [0, 0.05) is 0 Å². The van der Waals surface area contributed by atoms with Crippen LogP contribution in [0.25, 0.3) is 0 Å². The highest BCUT2D eigenvalue weighted by Crippen LogP contribution is 2.16. The fraction of sp³-hybridized carbons (Fsp3) is 0.733. The van der Waals surface area contributed by atoms with Crippen molar-refractivity contribution >= 4 is 17.3 Å². The molecular formula is C15H23ClN4O. The molecule has 116 valence electrons. The van der Waals surface area contributed by atoms with Gasteiger partial charge in [0.25, 0.3) is 0 Å². The van der Waals surface area contributed by atoms with E-state index in [1.807, 2.05) is 0 Å². The van der Waals surface area contributed by atoms with Crippen LogP contribution in [-0.4, -0.2) is 20.7 Å². The number of oxime groups is 1. The van der Waals surface area contributed by atoms with Crippen molar-refractivity contribution in [3.05, 3.63) is 11.6 Å². The number of aromatic nitrogens is 3. The maximum Gasteiger partial charge on any atom is 0.349 e. The lowest BCUT2D eigenvalue weighted by atomic mass is 10.00. The van der Waals surface area contributed by atoms with E-state index in [2.05, 4.69) is 20.1 Å². The molecular weight excluding hydrogens is 288 g/mol. The molecule has 0 saturated heterocycles. The monoisotopic (exact) mass is 310 g/mol. The van der Waals surface area contributed by atoms with Crippen molar-refractivity contribution in [2.75, 3.05) is 0 Å². The van der Waals surface area contributed by atoms with Gasteiger partial charge in [-0.3, -0.25) is 0 Å². The van der Waals surface area contributed by atoms with Crippen LogP contribution in [-0.2, 0) is 0 Å². The molecule has 1 fully saturated rings. The summed E-state index contributed by atoms with van der Waals surface area (Å²) in [5.41, 5.74) is 1.10. The molecule has 0 amide bonds. The van der Waals surface area contributed by atoms with Gasteiger partial charge in [-0.1, -0.05) is 50.1 Å². The van der Waals surface area contributed by atoms with Crippen LogP contribution in [0.5, 0.6) is 6.01 Å². The zero-order valence-electron chi connectivity index (χ0n) is 12.4. The maximum atomic E-state index is 5.70. The lowest BCUT2D eigenvalue weighted by Gasteiger charge is -2.08. The van der Waals surface area contributed by atoms with Crippen LogP contribution < -0.4 is 4.84 Å². The van der Waals surface area contributed by atoms with Gasteiger partial charge in [-0.05, 0) is 37.3 Å². The topological polar surface area (TPSA) is 60.3 Å². The van der Waals surface area contributed by atoms with E-state index in [1.165, 1.54) is 64.1 Å². The summed E-state index contributed by atoms with van der Waals surface area (Å²) in [6.45, 7) is 0. The van der Waals surface area contributed by atoms with Gasteiger partial charge in [0.2, 0.25) is 5.28 Å². The van der Waals surface area contributed by atoms with Crippen LogP contribution in [0.15, 0.2) is 11.5 Å². The van der Waals surface area contributed by atoms with Gasteiger partial charge in [-0.25, -0.2) is 4.98 Å². The maximum absolute atomic E-state index is 5.70. The zero-order valence-corrected chi connectivity index (χ0v) is 13.2. The Morgan fingerprint density at radius 2 is 1.43 bits per heavy atom. The summed E-state index contributed by atoms with van der Waals surface area (Å²) < 4.78 is 0. The lowest BCUT2D eigenvalue weighted by Crippen LogP contribution is -2.04. The zero-order chi connectivity index (χ0) is 14.8. The van der Waals surface area contributed by atoms with Gasteiger partial charge >= 0.3 is 6.01 Å². The molecule has 1 aromatic heterocycles. The first-order valence-electron chi connectivity index (χ1n) is 7.92. The SMILES string of the molecule is Clc1ncnc(ON=C2CCCCCCCCCCC2)n1. The summed E-state index contributed by atoms with van der Waals surface area (Å²) in [6, 6.07) is 0.161. The van der Waals surface area contributed by atoms with Crippen LogP contribution in [0.2, 0.25) is 5.28 Å². The first-order valence-corrected chi connectivity index (χ1v) is 8.30. The molecule has 0 unspecified atom stereocenters. The summed E-state index contributed by atoms with van der Waals surface area (Å²) in [5, 5.41) is 4.35. The summed E-state index contributed by atoms with van der Waals surface area (Å²) in [6.07, 6.45) is 15.0. The summed E-state index contributed by atoms with van der Waals surface area (Å²) in [4.78, 5) is 16.8. The smallest absolute Gasteiger partial charge is 0.315 e. The van der Waals surface area contributed by atoms with Gasteiger partial charge < -0.3 is 4.84 Å². The van der Waals surface area contributed by atoms with Crippen molar-refractivity contribution in [1.82, 2.24) is 15.0 Å². The average Bonchev–Trinajstić information content (AvgIpc) is 2.47. The highest BCUT2D eigenvalue weighted by atomic mass is 35.5. The summed E-state index contributed by atoms with van der Waals surface area (Å²) in [7, 11) is 0. The molecule has 0 N–H and O–H groups in total. The highest BCUT2D eigenvalue weighted by molar-refractivity contribution is 6.28. The Balaban J connectivity index is 1.88. The molecule has 1 aromatic rings. The van der Waals surface area contributed by atoms with E-state index in [4.69, 9.17) is 16.4 Å². The second kappa shape index (κ2) is 9.66. The number of hydrogen-bond acceptors (Lipinski definition) is 5. The highest BCUT2D eigenvalue weighted by Gasteiger charge is 2.05. The van der Waals surface area contributed by atoms with Crippen LogP contribution >= 0.6 is 11.6 Å². The fourth-order valence-corrected chi connectivity index (χ4v) is 2.64. The molecule has 5 nitrogen and oxygen atoms in total. The molecule has 1 saturated carbocycles. The predicted molar refractivity (Wildman–Crippen MR) is 83.7 cm³/mol. The Morgan fingerprint density at radius 3 is 2.00 bits per heavy atom. The van der Waals surface area contributed by atoms with Crippen molar-refractivity contribution < 1.29 is 4.84 Å². The summed E-state index contributed by atoms with van der Waals surface area (Å²) in [5.74, 6) is 0. The van der Waals surface area contributed by atoms with Crippen molar-refractivity contribution in [2.24, 2.45) is 5.16 Å². The van der Waals surface area contributed by atoms with E-state index in [0.717, 1.165) is 18.6 Å². The Morgan fingerprint density at radius 1 is 0.857 bits per heavy atom. The fourth-order valence-electron chi connectivity index (χ4n) is 2.52. The van der Waals surface area contributed by atoms with E-state index in [1.54, 1.807) is 0 Å². The van der Waals surface area contributed by atoms with Crippen molar-refractivity contribution in [3.63, 3.8) is 0 Å². The average molecular weight is 311 g/mol. The van der Waals surface area contributed by atoms with Crippen LogP contribution in [0.3, 0.4) is 0 Å². The number of nitrogens with zero attached hydrogens (tertiary/aromatic N) is 4. The Hall–Kier alpha value is -1.23. The minimum Gasteiger partial charge on any atom is -0.315 e. The third-order valence-corrected chi connectivity index (χ3v) is 3.89. The molecule has 2 rings (SSSR count). The lowest BCUT2D eigenvalue weighted by molar-refractivity contribution is 0.308. The van der Waals surface area contributed by atoms with Gasteiger partial charge in [0.15, 0.2) is 0 Å². The Bertz CT molecular complexity index is 439. The molecule has 1 heterocycles. The molecule has 0 bridgehead atoms. The van der Waals surface area contributed by atoms with Crippen molar-refractivity contribution in [2.45, 2.75) is 70.6 Å². The second-order valence-corrected chi connectivity index (χ2v) is 5.81. The molecule has 21 heavy (non-hydrogen) atoms. The van der Waals surface area contributed by atoms with E-state index in [-0.39, 0.29) is 11.3 Å². The largest absolute Gasteiger partial charge is 0.349 e. The minimum absolute atomic E-state index is 0.124. The molecule has 0 radical (unpaired) electrons. The molecule has 0 atom stereocenters. The first kappa shape index (κ1) is 16.1. The number of halogens is 1. The second-order valence-electron chi connectivity index (χ2n) is 5.47. The quantitative estimate of drug-likeness (QED) is 0.751. The van der Waals surface area contributed by atoms with Crippen molar-refractivity contribution in [3.8, 4) is 6.01 Å².